The summed E-state index contributed by atoms with van der Waals surface area (Å²) in [5.41, 5.74) is 6.29. The summed E-state index contributed by atoms with van der Waals surface area (Å²) >= 11 is 0. The fraction of sp³-hybridized carbons (Fsp3) is 0.583. The van der Waals surface area contributed by atoms with Gasteiger partial charge in [-0.15, -0.1) is 0 Å². The summed E-state index contributed by atoms with van der Waals surface area (Å²) in [4.78, 5) is 41.9. The zero-order chi connectivity index (χ0) is 38.6. The molecular formula is C36H52N5O10P. The SMILES string of the molecule is CCC(C)(C)CCOC(=O)[C@H](C)NP(=O)(OC[C@H]1O[C@@](C)(c2ccc3c(N)ncnn23)[C@H](OC(C)=O)[C@@H]1OC(C)=O)Oc1ccc(C(C)(C)C)cc1. The average Bonchev–Trinajstić information content (AvgIpc) is 3.60. The molecule has 0 bridgehead atoms. The van der Waals surface area contributed by atoms with Crippen molar-refractivity contribution in [2.24, 2.45) is 5.41 Å². The van der Waals surface area contributed by atoms with E-state index in [1.165, 1.54) is 31.6 Å². The van der Waals surface area contributed by atoms with E-state index in [4.69, 9.17) is 33.7 Å². The van der Waals surface area contributed by atoms with Gasteiger partial charge in [-0.05, 0) is 60.9 Å². The third-order valence-corrected chi connectivity index (χ3v) is 10.9. The van der Waals surface area contributed by atoms with Gasteiger partial charge in [-0.2, -0.15) is 10.2 Å². The lowest BCUT2D eigenvalue weighted by atomic mass is 9.87. The standard InChI is InChI=1S/C36H52N5O10P/c1-11-35(8,9)18-19-46-33(44)22(2)40-52(45,51-26-14-12-25(13-15-26)34(5,6)7)47-20-28-30(48-23(3)42)31(49-24(4)43)36(10,50-28)29-17-16-27-32(37)38-21-39-41(27)29/h12-17,21-22,28,30-31H,11,18-20H2,1-10H3,(H,40,45)(H2,37,38,39)/t22-,28+,30+,31+,36-,52?/m0/s1. The van der Waals surface area contributed by atoms with E-state index < -0.39 is 62.2 Å². The topological polar surface area (TPSA) is 192 Å². The van der Waals surface area contributed by atoms with Gasteiger partial charge in [0.1, 0.15) is 35.3 Å². The van der Waals surface area contributed by atoms with Crippen molar-refractivity contribution in [1.82, 2.24) is 19.7 Å². The summed E-state index contributed by atoms with van der Waals surface area (Å²) in [6.45, 7) is 17.6. The predicted octanol–water partition coefficient (Wildman–Crippen LogP) is 5.64. The van der Waals surface area contributed by atoms with Gasteiger partial charge in [-0.1, -0.05) is 60.1 Å². The Morgan fingerprint density at radius 2 is 1.71 bits per heavy atom. The number of nitrogens with one attached hydrogen (secondary N) is 1. The monoisotopic (exact) mass is 745 g/mol. The number of nitrogen functional groups attached to an aromatic ring is 1. The Bertz CT molecular complexity index is 1790. The maximum atomic E-state index is 14.6. The summed E-state index contributed by atoms with van der Waals surface area (Å²) < 4.78 is 51.5. The first-order valence-corrected chi connectivity index (χ1v) is 18.8. The lowest BCUT2D eigenvalue weighted by Crippen LogP contribution is -2.45. The quantitative estimate of drug-likeness (QED) is 0.110. The third-order valence-electron chi connectivity index (χ3n) is 9.23. The highest BCUT2D eigenvalue weighted by atomic mass is 31.2. The first-order valence-electron chi connectivity index (χ1n) is 17.3. The van der Waals surface area contributed by atoms with Crippen molar-refractivity contribution in [2.45, 2.75) is 117 Å². The number of anilines is 1. The van der Waals surface area contributed by atoms with Crippen LogP contribution >= 0.6 is 7.75 Å². The molecule has 3 heterocycles. The Labute approximate surface area is 304 Å². The van der Waals surface area contributed by atoms with Crippen LogP contribution in [0.25, 0.3) is 5.52 Å². The van der Waals surface area contributed by atoms with E-state index in [2.05, 4.69) is 56.7 Å². The maximum Gasteiger partial charge on any atom is 0.459 e. The Morgan fingerprint density at radius 1 is 1.06 bits per heavy atom. The van der Waals surface area contributed by atoms with Crippen LogP contribution in [-0.2, 0) is 53.4 Å². The van der Waals surface area contributed by atoms with Crippen LogP contribution in [0.1, 0.15) is 93.3 Å². The minimum absolute atomic E-state index is 0.0252. The van der Waals surface area contributed by atoms with Crippen LogP contribution < -0.4 is 15.3 Å². The minimum Gasteiger partial charge on any atom is -0.465 e. The van der Waals surface area contributed by atoms with Crippen molar-refractivity contribution in [3.8, 4) is 5.75 Å². The van der Waals surface area contributed by atoms with Gasteiger partial charge in [0.05, 0.1) is 18.9 Å². The lowest BCUT2D eigenvalue weighted by molar-refractivity contribution is -0.168. The number of fused-ring (bicyclic) bond motifs is 1. The molecule has 0 spiro atoms. The number of aromatic nitrogens is 3. The van der Waals surface area contributed by atoms with Crippen LogP contribution in [0.15, 0.2) is 42.7 Å². The van der Waals surface area contributed by atoms with E-state index in [9.17, 15) is 18.9 Å². The molecule has 4 rings (SSSR count). The van der Waals surface area contributed by atoms with Crippen LogP contribution in [0.4, 0.5) is 5.82 Å². The number of nitrogens with zero attached hydrogens (tertiary/aromatic N) is 3. The van der Waals surface area contributed by atoms with Gasteiger partial charge >= 0.3 is 25.7 Å². The zero-order valence-corrected chi connectivity index (χ0v) is 32.5. The van der Waals surface area contributed by atoms with Crippen molar-refractivity contribution in [3.63, 3.8) is 0 Å². The zero-order valence-electron chi connectivity index (χ0n) is 31.6. The molecule has 1 aliphatic rings. The van der Waals surface area contributed by atoms with Gasteiger partial charge < -0.3 is 29.2 Å². The highest BCUT2D eigenvalue weighted by Crippen LogP contribution is 2.48. The molecule has 2 aromatic heterocycles. The van der Waals surface area contributed by atoms with E-state index in [0.717, 1.165) is 12.0 Å². The predicted molar refractivity (Wildman–Crippen MR) is 192 cm³/mol. The second-order valence-corrected chi connectivity index (χ2v) is 16.7. The molecule has 0 aliphatic carbocycles. The number of benzene rings is 1. The van der Waals surface area contributed by atoms with Crippen molar-refractivity contribution < 1.29 is 46.9 Å². The molecule has 16 heteroatoms. The molecule has 0 radical (unpaired) electrons. The van der Waals surface area contributed by atoms with Crippen LogP contribution in [0.2, 0.25) is 0 Å². The van der Waals surface area contributed by atoms with Gasteiger partial charge in [0.2, 0.25) is 0 Å². The number of nitrogens with two attached hydrogens (primary N) is 1. The summed E-state index contributed by atoms with van der Waals surface area (Å²) in [6.07, 6.45) is -0.805. The summed E-state index contributed by atoms with van der Waals surface area (Å²) in [5.74, 6) is -1.60. The molecule has 0 amide bonds. The Balaban J connectivity index is 1.66. The lowest BCUT2D eigenvalue weighted by Gasteiger charge is -2.30. The largest absolute Gasteiger partial charge is 0.465 e. The van der Waals surface area contributed by atoms with E-state index >= 15 is 0 Å². The molecule has 0 saturated carbocycles. The van der Waals surface area contributed by atoms with E-state index in [-0.39, 0.29) is 29.0 Å². The fourth-order valence-electron chi connectivity index (χ4n) is 5.74. The maximum absolute atomic E-state index is 14.6. The number of ether oxygens (including phenoxy) is 4. The number of rotatable bonds is 15. The number of carbonyl (C=O) groups excluding carboxylic acids is 3. The molecule has 3 N–H and O–H groups in total. The first kappa shape index (κ1) is 40.7. The molecule has 6 atom stereocenters. The Kier molecular flexibility index (Phi) is 12.5. The van der Waals surface area contributed by atoms with Crippen molar-refractivity contribution in [2.75, 3.05) is 18.9 Å². The summed E-state index contributed by atoms with van der Waals surface area (Å²) in [6, 6.07) is 9.23. The van der Waals surface area contributed by atoms with E-state index in [1.807, 2.05) is 12.1 Å². The van der Waals surface area contributed by atoms with Crippen molar-refractivity contribution in [3.05, 3.63) is 54.0 Å². The van der Waals surface area contributed by atoms with Crippen LogP contribution in [-0.4, -0.2) is 70.1 Å². The van der Waals surface area contributed by atoms with E-state index in [0.29, 0.717) is 17.6 Å². The summed E-state index contributed by atoms with van der Waals surface area (Å²) in [5, 5.41) is 7.01. The molecular weight excluding hydrogens is 693 g/mol. The minimum atomic E-state index is -4.41. The number of hydrogen-bond acceptors (Lipinski definition) is 13. The smallest absolute Gasteiger partial charge is 0.459 e. The summed E-state index contributed by atoms with van der Waals surface area (Å²) in [7, 11) is -4.41. The van der Waals surface area contributed by atoms with Gasteiger partial charge in [0.15, 0.2) is 18.0 Å². The highest BCUT2D eigenvalue weighted by molar-refractivity contribution is 7.52. The van der Waals surface area contributed by atoms with Crippen LogP contribution in [0.3, 0.4) is 0 Å². The molecule has 52 heavy (non-hydrogen) atoms. The first-order chi connectivity index (χ1) is 24.2. The molecule has 3 aromatic rings. The Hall–Kier alpha value is -4.04. The number of hydrogen-bond donors (Lipinski definition) is 2. The Morgan fingerprint density at radius 3 is 2.31 bits per heavy atom. The molecule has 15 nitrogen and oxygen atoms in total. The van der Waals surface area contributed by atoms with Gasteiger partial charge in [-0.3, -0.25) is 18.9 Å². The van der Waals surface area contributed by atoms with Gasteiger partial charge in [-0.25, -0.2) is 14.1 Å². The molecule has 1 aliphatic heterocycles. The second-order valence-electron chi connectivity index (χ2n) is 15.0. The van der Waals surface area contributed by atoms with Gasteiger partial charge in [0.25, 0.3) is 0 Å². The number of carbonyl (C=O) groups is 3. The highest BCUT2D eigenvalue weighted by Gasteiger charge is 2.59. The third kappa shape index (κ3) is 9.68. The average molecular weight is 746 g/mol. The van der Waals surface area contributed by atoms with Crippen LogP contribution in [0, 0.1) is 5.41 Å². The molecule has 1 unspecified atom stereocenters. The molecule has 1 aromatic carbocycles. The second kappa shape index (κ2) is 15.9. The van der Waals surface area contributed by atoms with Crippen molar-refractivity contribution in [1.29, 1.82) is 0 Å². The van der Waals surface area contributed by atoms with Gasteiger partial charge in [0, 0.05) is 13.8 Å². The van der Waals surface area contributed by atoms with Crippen LogP contribution in [0.5, 0.6) is 5.75 Å². The van der Waals surface area contributed by atoms with Crippen molar-refractivity contribution >= 4 is 37.0 Å². The normalized spacial score (nSPS) is 22.4. The molecule has 286 valence electrons. The number of esters is 3. The molecule has 1 fully saturated rings. The molecule has 1 saturated heterocycles. The fourth-order valence-corrected chi connectivity index (χ4v) is 7.25. The van der Waals surface area contributed by atoms with E-state index in [1.54, 1.807) is 31.2 Å².